The SMILES string of the molecule is CN(C)c1ccc(-c2ccc(N(c3ccc(-c4ccc(N(C)C)cc4)cc3)c3ccc4c5c(OC(C)(C)C)ccc6c(N(C)C)ccc(c7c(OC(C)(C)C)ccc3c47)c65)cc2)cc1. The van der Waals surface area contributed by atoms with E-state index in [1.165, 1.54) is 44.4 Å². The minimum absolute atomic E-state index is 0.405. The Morgan fingerprint density at radius 1 is 0.297 bits per heavy atom. The zero-order chi connectivity index (χ0) is 45.2. The van der Waals surface area contributed by atoms with Crippen LogP contribution in [-0.4, -0.2) is 53.5 Å². The van der Waals surface area contributed by atoms with Crippen molar-refractivity contribution in [2.24, 2.45) is 0 Å². The molecule has 0 aliphatic rings. The van der Waals surface area contributed by atoms with Gasteiger partial charge in [-0.2, -0.15) is 0 Å². The number of ether oxygens (including phenoxy) is 2. The number of hydrogen-bond acceptors (Lipinski definition) is 6. The average molecular weight is 845 g/mol. The molecule has 0 aliphatic heterocycles. The van der Waals surface area contributed by atoms with Gasteiger partial charge in [0.05, 0.1) is 5.69 Å². The number of hydrogen-bond donors (Lipinski definition) is 0. The van der Waals surface area contributed by atoms with Gasteiger partial charge in [-0.25, -0.2) is 0 Å². The summed E-state index contributed by atoms with van der Waals surface area (Å²) < 4.78 is 13.8. The van der Waals surface area contributed by atoms with Gasteiger partial charge in [0.2, 0.25) is 0 Å². The van der Waals surface area contributed by atoms with Crippen LogP contribution in [-0.2, 0) is 0 Å². The maximum atomic E-state index is 6.92. The minimum atomic E-state index is -0.419. The Labute approximate surface area is 379 Å². The van der Waals surface area contributed by atoms with Crippen molar-refractivity contribution in [1.29, 1.82) is 0 Å². The van der Waals surface area contributed by atoms with Gasteiger partial charge in [0.1, 0.15) is 22.7 Å². The van der Waals surface area contributed by atoms with Crippen LogP contribution in [0.5, 0.6) is 11.5 Å². The molecule has 6 heteroatoms. The lowest BCUT2D eigenvalue weighted by molar-refractivity contribution is 0.132. The zero-order valence-corrected chi connectivity index (χ0v) is 39.5. The summed E-state index contributed by atoms with van der Waals surface area (Å²) in [6.07, 6.45) is 0. The minimum Gasteiger partial charge on any atom is -0.487 e. The fraction of sp³-hybridized carbons (Fsp3) is 0.241. The monoisotopic (exact) mass is 844 g/mol. The van der Waals surface area contributed by atoms with Crippen LogP contribution in [0, 0.1) is 0 Å². The van der Waals surface area contributed by atoms with Crippen LogP contribution in [0.25, 0.3) is 65.3 Å². The molecule has 0 bridgehead atoms. The molecule has 0 saturated carbocycles. The molecule has 0 radical (unpaired) electrons. The lowest BCUT2D eigenvalue weighted by Crippen LogP contribution is -2.23. The molecule has 0 aliphatic carbocycles. The zero-order valence-electron chi connectivity index (χ0n) is 39.5. The predicted octanol–water partition coefficient (Wildman–Crippen LogP) is 15.1. The van der Waals surface area contributed by atoms with E-state index in [1.807, 2.05) is 0 Å². The van der Waals surface area contributed by atoms with Crippen LogP contribution < -0.4 is 29.1 Å². The highest BCUT2D eigenvalue weighted by atomic mass is 16.5. The number of nitrogens with zero attached hydrogens (tertiary/aromatic N) is 4. The lowest BCUT2D eigenvalue weighted by atomic mass is 9.87. The predicted molar refractivity (Wildman–Crippen MR) is 277 cm³/mol. The van der Waals surface area contributed by atoms with Gasteiger partial charge in [0, 0.05) is 103 Å². The van der Waals surface area contributed by atoms with Gasteiger partial charge in [0.25, 0.3) is 0 Å². The molecule has 0 spiro atoms. The Balaban J connectivity index is 1.31. The van der Waals surface area contributed by atoms with Crippen LogP contribution in [0.1, 0.15) is 41.5 Å². The summed E-state index contributed by atoms with van der Waals surface area (Å²) in [7, 11) is 12.5. The van der Waals surface area contributed by atoms with E-state index in [-0.39, 0.29) is 0 Å². The Kier molecular flexibility index (Phi) is 10.6. The van der Waals surface area contributed by atoms with E-state index in [1.54, 1.807) is 0 Å². The Morgan fingerprint density at radius 3 is 0.938 bits per heavy atom. The van der Waals surface area contributed by atoms with Crippen LogP contribution in [0.2, 0.25) is 0 Å². The molecule has 0 atom stereocenters. The second kappa shape index (κ2) is 16.0. The molecule has 0 N–H and O–H groups in total. The van der Waals surface area contributed by atoms with Gasteiger partial charge in [-0.3, -0.25) is 0 Å². The van der Waals surface area contributed by atoms with Crippen molar-refractivity contribution < 1.29 is 9.47 Å². The van der Waals surface area contributed by atoms with E-state index in [4.69, 9.17) is 9.47 Å². The molecule has 324 valence electrons. The van der Waals surface area contributed by atoms with Gasteiger partial charge in [-0.05, 0) is 159 Å². The normalized spacial score (nSPS) is 12.1. The van der Waals surface area contributed by atoms with Crippen LogP contribution in [0.15, 0.2) is 146 Å². The van der Waals surface area contributed by atoms with Crippen molar-refractivity contribution in [2.45, 2.75) is 52.7 Å². The number of rotatable bonds is 10. The highest BCUT2D eigenvalue weighted by Gasteiger charge is 2.27. The fourth-order valence-electron chi connectivity index (χ4n) is 9.13. The third-order valence-corrected chi connectivity index (χ3v) is 12.0. The summed E-state index contributed by atoms with van der Waals surface area (Å²) in [6.45, 7) is 12.7. The van der Waals surface area contributed by atoms with E-state index in [0.29, 0.717) is 0 Å². The molecule has 0 saturated heterocycles. The highest BCUT2D eigenvalue weighted by molar-refractivity contribution is 6.37. The first-order valence-electron chi connectivity index (χ1n) is 22.3. The van der Waals surface area contributed by atoms with Crippen molar-refractivity contribution in [3.8, 4) is 33.8 Å². The maximum Gasteiger partial charge on any atom is 0.128 e. The lowest BCUT2D eigenvalue weighted by Gasteiger charge is -2.30. The first-order valence-corrected chi connectivity index (χ1v) is 22.3. The molecule has 9 rings (SSSR count). The Bertz CT molecular complexity index is 3020. The van der Waals surface area contributed by atoms with Crippen LogP contribution >= 0.6 is 0 Å². The fourth-order valence-corrected chi connectivity index (χ4v) is 9.13. The Morgan fingerprint density at radius 2 is 0.609 bits per heavy atom. The second-order valence-corrected chi connectivity index (χ2v) is 19.6. The van der Waals surface area contributed by atoms with Gasteiger partial charge in [0.15, 0.2) is 0 Å². The van der Waals surface area contributed by atoms with E-state index in [2.05, 4.69) is 249 Å². The topological polar surface area (TPSA) is 31.4 Å². The van der Waals surface area contributed by atoms with Crippen molar-refractivity contribution in [3.63, 3.8) is 0 Å². The molecule has 64 heavy (non-hydrogen) atoms. The van der Waals surface area contributed by atoms with Crippen LogP contribution in [0.3, 0.4) is 0 Å². The molecule has 0 aromatic heterocycles. The number of benzene rings is 9. The molecule has 0 heterocycles. The summed E-state index contributed by atoms with van der Waals surface area (Å²) in [6, 6.07) is 53.5. The summed E-state index contributed by atoms with van der Waals surface area (Å²) in [5.41, 5.74) is 10.6. The van der Waals surface area contributed by atoms with E-state index in [9.17, 15) is 0 Å². The summed E-state index contributed by atoms with van der Waals surface area (Å²) in [5.74, 6) is 1.74. The molecular weight excluding hydrogens is 785 g/mol. The summed E-state index contributed by atoms with van der Waals surface area (Å²) in [4.78, 5) is 8.87. The molecule has 9 aromatic carbocycles. The molecule has 0 fully saturated rings. The molecule has 0 unspecified atom stereocenters. The van der Waals surface area contributed by atoms with E-state index >= 15 is 0 Å². The Hall–Kier alpha value is -6.92. The molecule has 9 aromatic rings. The molecular formula is C58H60N4O2. The van der Waals surface area contributed by atoms with Crippen molar-refractivity contribution in [2.75, 3.05) is 61.9 Å². The van der Waals surface area contributed by atoms with Crippen molar-refractivity contribution in [1.82, 2.24) is 0 Å². The maximum absolute atomic E-state index is 6.92. The quantitative estimate of drug-likeness (QED) is 0.101. The van der Waals surface area contributed by atoms with Gasteiger partial charge in [-0.15, -0.1) is 0 Å². The first kappa shape index (κ1) is 42.4. The highest BCUT2D eigenvalue weighted by Crippen LogP contribution is 2.52. The molecule has 6 nitrogen and oxygen atoms in total. The second-order valence-electron chi connectivity index (χ2n) is 19.6. The standard InChI is InChI=1S/C58H60N4O2/c1-57(2,3)63-51-35-31-45-49(61(11)12)33-29-47-53(45)55(51)48-30-34-50(46-32-36-52(56(47)54(46)48)64-58(4,5)6)62(43-25-17-39(18-26-43)37-13-21-41(22-14-37)59(7)8)44-27-19-40(20-28-44)38-15-23-42(24-16-38)60(9)10/h13-36H,1-12H3. The van der Waals surface area contributed by atoms with Crippen molar-refractivity contribution in [3.05, 3.63) is 146 Å². The van der Waals surface area contributed by atoms with Crippen molar-refractivity contribution >= 4 is 77.2 Å². The van der Waals surface area contributed by atoms with Gasteiger partial charge >= 0.3 is 0 Å². The number of fused-ring (bicyclic) bond motifs is 2. The molecule has 0 amide bonds. The third kappa shape index (κ3) is 7.87. The third-order valence-electron chi connectivity index (χ3n) is 12.0. The smallest absolute Gasteiger partial charge is 0.128 e. The first-order chi connectivity index (χ1) is 30.5. The largest absolute Gasteiger partial charge is 0.487 e. The van der Waals surface area contributed by atoms with E-state index < -0.39 is 11.2 Å². The van der Waals surface area contributed by atoms with Gasteiger partial charge < -0.3 is 29.1 Å². The summed E-state index contributed by atoms with van der Waals surface area (Å²) >= 11 is 0. The van der Waals surface area contributed by atoms with E-state index in [0.717, 1.165) is 66.6 Å². The van der Waals surface area contributed by atoms with Crippen LogP contribution in [0.4, 0.5) is 34.1 Å². The number of anilines is 6. The average Bonchev–Trinajstić information content (AvgIpc) is 3.26. The van der Waals surface area contributed by atoms with Gasteiger partial charge in [-0.1, -0.05) is 60.7 Å². The summed E-state index contributed by atoms with van der Waals surface area (Å²) in [5, 5.41) is 9.13.